The van der Waals surface area contributed by atoms with E-state index in [4.69, 9.17) is 5.11 Å². The van der Waals surface area contributed by atoms with E-state index in [2.05, 4.69) is 4.98 Å². The highest BCUT2D eigenvalue weighted by atomic mass is 19.1. The summed E-state index contributed by atoms with van der Waals surface area (Å²) < 4.78 is 15.1. The molecule has 0 saturated carbocycles. The minimum atomic E-state index is -0.240. The van der Waals surface area contributed by atoms with Gasteiger partial charge < -0.3 is 9.67 Å². The van der Waals surface area contributed by atoms with Crippen molar-refractivity contribution >= 4 is 0 Å². The first-order valence-corrected chi connectivity index (χ1v) is 5.96. The van der Waals surface area contributed by atoms with E-state index in [9.17, 15) is 4.39 Å². The molecule has 0 spiro atoms. The van der Waals surface area contributed by atoms with Gasteiger partial charge in [-0.2, -0.15) is 0 Å². The van der Waals surface area contributed by atoms with E-state index in [-0.39, 0.29) is 12.4 Å². The molecular weight excluding hydrogens is 231 g/mol. The Kier molecular flexibility index (Phi) is 6.08. The molecule has 1 heterocycles. The molecule has 1 rings (SSSR count). The highest BCUT2D eigenvalue weighted by Crippen LogP contribution is 2.12. The monoisotopic (exact) mass is 250 g/mol. The molecule has 3 nitrogen and oxygen atoms in total. The first-order valence-electron chi connectivity index (χ1n) is 5.96. The van der Waals surface area contributed by atoms with Gasteiger partial charge in [0, 0.05) is 6.54 Å². The number of allylic oxidation sites excluding steroid dienone is 6. The van der Waals surface area contributed by atoms with Gasteiger partial charge >= 0.3 is 0 Å². The van der Waals surface area contributed by atoms with E-state index >= 15 is 0 Å². The molecule has 0 aliphatic carbocycles. The molecule has 98 valence electrons. The van der Waals surface area contributed by atoms with Gasteiger partial charge in [0.2, 0.25) is 0 Å². The lowest BCUT2D eigenvalue weighted by atomic mass is 10.1. The van der Waals surface area contributed by atoms with Crippen LogP contribution in [0.2, 0.25) is 0 Å². The molecule has 18 heavy (non-hydrogen) atoms. The minimum absolute atomic E-state index is 0.0358. The summed E-state index contributed by atoms with van der Waals surface area (Å²) >= 11 is 0. The molecule has 0 aromatic carbocycles. The zero-order valence-corrected chi connectivity index (χ0v) is 10.8. The molecule has 0 saturated heterocycles. The Morgan fingerprint density at radius 2 is 2.28 bits per heavy atom. The zero-order valence-electron chi connectivity index (χ0n) is 10.8. The van der Waals surface area contributed by atoms with Crippen LogP contribution in [0.4, 0.5) is 4.39 Å². The number of hydrogen-bond acceptors (Lipinski definition) is 2. The minimum Gasteiger partial charge on any atom is -0.390 e. The molecule has 0 bridgehead atoms. The number of halogens is 1. The molecule has 0 fully saturated rings. The van der Waals surface area contributed by atoms with Gasteiger partial charge in [-0.15, -0.1) is 0 Å². The van der Waals surface area contributed by atoms with Crippen LogP contribution >= 0.6 is 0 Å². The number of rotatable bonds is 6. The van der Waals surface area contributed by atoms with Crippen LogP contribution in [0.1, 0.15) is 26.0 Å². The fraction of sp³-hybridized carbons (Fsp3) is 0.357. The van der Waals surface area contributed by atoms with Gasteiger partial charge in [-0.1, -0.05) is 18.2 Å². The molecule has 1 aromatic heterocycles. The highest BCUT2D eigenvalue weighted by molar-refractivity contribution is 5.26. The summed E-state index contributed by atoms with van der Waals surface area (Å²) in [5.41, 5.74) is 1.67. The number of aromatic nitrogens is 2. The second-order valence-electron chi connectivity index (χ2n) is 3.88. The van der Waals surface area contributed by atoms with E-state index in [1.54, 1.807) is 19.4 Å². The maximum atomic E-state index is 13.2. The Balaban J connectivity index is 2.72. The second-order valence-corrected chi connectivity index (χ2v) is 3.88. The van der Waals surface area contributed by atoms with Crippen LogP contribution < -0.4 is 0 Å². The fourth-order valence-electron chi connectivity index (χ4n) is 1.61. The SMILES string of the molecule is C\C=C/C(=C\C(F)=C/C)CCn1cncc1CO. The maximum Gasteiger partial charge on any atom is 0.119 e. The largest absolute Gasteiger partial charge is 0.390 e. The van der Waals surface area contributed by atoms with Gasteiger partial charge in [0.25, 0.3) is 0 Å². The van der Waals surface area contributed by atoms with Crippen LogP contribution in [0.25, 0.3) is 0 Å². The molecule has 0 amide bonds. The summed E-state index contributed by atoms with van der Waals surface area (Å²) in [4.78, 5) is 3.97. The van der Waals surface area contributed by atoms with Gasteiger partial charge in [0.05, 0.1) is 24.8 Å². The number of aryl methyl sites for hydroxylation is 1. The molecule has 4 heteroatoms. The lowest BCUT2D eigenvalue weighted by Crippen LogP contribution is -2.02. The summed E-state index contributed by atoms with van der Waals surface area (Å²) in [6.45, 7) is 4.20. The van der Waals surface area contributed by atoms with Gasteiger partial charge in [0.15, 0.2) is 0 Å². The number of imidazole rings is 1. The van der Waals surface area contributed by atoms with Gasteiger partial charge in [-0.25, -0.2) is 9.37 Å². The Morgan fingerprint density at radius 3 is 2.89 bits per heavy atom. The van der Waals surface area contributed by atoms with E-state index < -0.39 is 0 Å². The third-order valence-electron chi connectivity index (χ3n) is 2.58. The summed E-state index contributed by atoms with van der Waals surface area (Å²) in [7, 11) is 0. The average Bonchev–Trinajstić information content (AvgIpc) is 2.83. The molecule has 1 N–H and O–H groups in total. The topological polar surface area (TPSA) is 38.0 Å². The molecule has 1 aromatic rings. The lowest BCUT2D eigenvalue weighted by molar-refractivity contribution is 0.270. The normalized spacial score (nSPS) is 13.6. The number of aliphatic hydroxyl groups is 1. The van der Waals surface area contributed by atoms with Crippen molar-refractivity contribution in [3.63, 3.8) is 0 Å². The quantitative estimate of drug-likeness (QED) is 0.788. The third-order valence-corrected chi connectivity index (χ3v) is 2.58. The van der Waals surface area contributed by atoms with Gasteiger partial charge in [0.1, 0.15) is 5.83 Å². The number of aliphatic hydroxyl groups excluding tert-OH is 1. The van der Waals surface area contributed by atoms with Gasteiger partial charge in [-0.3, -0.25) is 0 Å². The predicted molar refractivity (Wildman–Crippen MR) is 70.5 cm³/mol. The number of hydrogen-bond donors (Lipinski definition) is 1. The average molecular weight is 250 g/mol. The zero-order chi connectivity index (χ0) is 13.4. The van der Waals surface area contributed by atoms with Crippen molar-refractivity contribution in [2.24, 2.45) is 0 Å². The second kappa shape index (κ2) is 7.61. The van der Waals surface area contributed by atoms with E-state index in [1.165, 1.54) is 12.2 Å². The standard InChI is InChI=1S/C14H19FN2O/c1-3-5-12(8-13(15)4-2)6-7-17-11-16-9-14(17)10-18/h3-5,8-9,11,18H,6-7,10H2,1-2H3/b5-3-,12-8+,13-4+. The van der Waals surface area contributed by atoms with Crippen molar-refractivity contribution in [2.75, 3.05) is 0 Å². The Hall–Kier alpha value is -1.68. The van der Waals surface area contributed by atoms with Crippen LogP contribution in [0.3, 0.4) is 0 Å². The first kappa shape index (κ1) is 14.4. The smallest absolute Gasteiger partial charge is 0.119 e. The van der Waals surface area contributed by atoms with Crippen molar-refractivity contribution in [3.05, 3.63) is 53.9 Å². The fourth-order valence-corrected chi connectivity index (χ4v) is 1.61. The van der Waals surface area contributed by atoms with Crippen molar-refractivity contribution < 1.29 is 9.50 Å². The Bertz CT molecular complexity index is 458. The molecular formula is C14H19FN2O. The van der Waals surface area contributed by atoms with Crippen LogP contribution in [0.5, 0.6) is 0 Å². The van der Waals surface area contributed by atoms with Crippen LogP contribution in [-0.4, -0.2) is 14.7 Å². The maximum absolute atomic E-state index is 13.2. The molecule has 0 unspecified atom stereocenters. The summed E-state index contributed by atoms with van der Waals surface area (Å²) in [5, 5.41) is 9.10. The molecule has 0 aliphatic heterocycles. The third kappa shape index (κ3) is 4.30. The van der Waals surface area contributed by atoms with Crippen molar-refractivity contribution in [2.45, 2.75) is 33.4 Å². The van der Waals surface area contributed by atoms with Crippen molar-refractivity contribution in [1.29, 1.82) is 0 Å². The van der Waals surface area contributed by atoms with Crippen molar-refractivity contribution in [3.8, 4) is 0 Å². The Morgan fingerprint density at radius 1 is 1.50 bits per heavy atom. The lowest BCUT2D eigenvalue weighted by Gasteiger charge is -2.07. The van der Waals surface area contributed by atoms with Gasteiger partial charge in [-0.05, 0) is 31.9 Å². The Labute approximate surface area is 107 Å². The van der Waals surface area contributed by atoms with Crippen LogP contribution in [0, 0.1) is 0 Å². The summed E-state index contributed by atoms with van der Waals surface area (Å²) in [6.07, 6.45) is 10.7. The van der Waals surface area contributed by atoms with E-state index in [0.29, 0.717) is 13.0 Å². The van der Waals surface area contributed by atoms with E-state index in [1.807, 2.05) is 23.6 Å². The van der Waals surface area contributed by atoms with Crippen LogP contribution in [0.15, 0.2) is 48.2 Å². The molecule has 0 radical (unpaired) electrons. The van der Waals surface area contributed by atoms with E-state index in [0.717, 1.165) is 11.3 Å². The van der Waals surface area contributed by atoms with Crippen molar-refractivity contribution in [1.82, 2.24) is 9.55 Å². The molecule has 0 atom stereocenters. The van der Waals surface area contributed by atoms with Crippen LogP contribution in [-0.2, 0) is 13.2 Å². The first-order chi connectivity index (χ1) is 8.71. The predicted octanol–water partition coefficient (Wildman–Crippen LogP) is 3.14. The summed E-state index contributed by atoms with van der Waals surface area (Å²) in [6, 6.07) is 0. The summed E-state index contributed by atoms with van der Waals surface area (Å²) in [5.74, 6) is -0.240. The molecule has 0 aliphatic rings. The number of nitrogens with zero attached hydrogens (tertiary/aromatic N) is 2. The highest BCUT2D eigenvalue weighted by Gasteiger charge is 2.01.